The molecular formula is C16H24N2O. The van der Waals surface area contributed by atoms with Crippen LogP contribution in [0.25, 0.3) is 0 Å². The molecule has 2 N–H and O–H groups in total. The fourth-order valence-electron chi connectivity index (χ4n) is 2.71. The van der Waals surface area contributed by atoms with Gasteiger partial charge in [0, 0.05) is 24.3 Å². The second-order valence-corrected chi connectivity index (χ2v) is 5.35. The van der Waals surface area contributed by atoms with E-state index in [0.29, 0.717) is 6.42 Å². The molecule has 3 heteroatoms. The highest BCUT2D eigenvalue weighted by atomic mass is 16.2. The molecule has 1 aliphatic rings. The number of hydrogen-bond acceptors (Lipinski definition) is 2. The zero-order valence-corrected chi connectivity index (χ0v) is 11.8. The van der Waals surface area contributed by atoms with Crippen LogP contribution in [0.15, 0.2) is 18.2 Å². The highest BCUT2D eigenvalue weighted by molar-refractivity contribution is 5.95. The van der Waals surface area contributed by atoms with Gasteiger partial charge in [-0.2, -0.15) is 0 Å². The van der Waals surface area contributed by atoms with Gasteiger partial charge in [0.1, 0.15) is 0 Å². The number of unbranched alkanes of at least 4 members (excludes halogenated alkanes) is 3. The molecule has 2 rings (SSSR count). The molecule has 1 aliphatic heterocycles. The minimum atomic E-state index is 0.264. The Labute approximate surface area is 115 Å². The van der Waals surface area contributed by atoms with Gasteiger partial charge >= 0.3 is 0 Å². The van der Waals surface area contributed by atoms with Crippen molar-refractivity contribution < 1.29 is 4.79 Å². The van der Waals surface area contributed by atoms with Gasteiger partial charge in [-0.1, -0.05) is 26.2 Å². The number of benzene rings is 1. The third kappa shape index (κ3) is 3.49. The van der Waals surface area contributed by atoms with Crippen molar-refractivity contribution in [2.24, 2.45) is 0 Å². The van der Waals surface area contributed by atoms with Gasteiger partial charge in [-0.25, -0.2) is 0 Å². The summed E-state index contributed by atoms with van der Waals surface area (Å²) in [7, 11) is 0. The molecular weight excluding hydrogens is 236 g/mol. The van der Waals surface area contributed by atoms with Crippen LogP contribution >= 0.6 is 0 Å². The molecule has 1 heterocycles. The number of hydrogen-bond donors (Lipinski definition) is 1. The molecule has 3 nitrogen and oxygen atoms in total. The van der Waals surface area contributed by atoms with Crippen molar-refractivity contribution in [2.75, 3.05) is 17.2 Å². The third-order valence-corrected chi connectivity index (χ3v) is 3.77. The van der Waals surface area contributed by atoms with Crippen molar-refractivity contribution in [3.63, 3.8) is 0 Å². The van der Waals surface area contributed by atoms with E-state index in [-0.39, 0.29) is 5.91 Å². The van der Waals surface area contributed by atoms with Crippen molar-refractivity contribution in [1.82, 2.24) is 0 Å². The first-order valence-electron chi connectivity index (χ1n) is 7.41. The van der Waals surface area contributed by atoms with E-state index in [0.717, 1.165) is 37.2 Å². The molecule has 0 saturated heterocycles. The molecule has 1 amide bonds. The summed E-state index contributed by atoms with van der Waals surface area (Å²) in [4.78, 5) is 14.2. The Bertz CT molecular complexity index is 442. The van der Waals surface area contributed by atoms with E-state index in [1.807, 2.05) is 23.1 Å². The van der Waals surface area contributed by atoms with Crippen LogP contribution in [0.2, 0.25) is 0 Å². The van der Waals surface area contributed by atoms with Crippen LogP contribution in [0.5, 0.6) is 0 Å². The van der Waals surface area contributed by atoms with Crippen molar-refractivity contribution in [3.05, 3.63) is 23.8 Å². The molecule has 0 unspecified atom stereocenters. The summed E-state index contributed by atoms with van der Waals surface area (Å²) in [5.74, 6) is 0.264. The normalized spacial score (nSPS) is 15.2. The zero-order chi connectivity index (χ0) is 13.7. The van der Waals surface area contributed by atoms with Gasteiger partial charge in [0.25, 0.3) is 0 Å². The van der Waals surface area contributed by atoms with Gasteiger partial charge in [-0.05, 0) is 43.0 Å². The van der Waals surface area contributed by atoms with Crippen LogP contribution in [-0.4, -0.2) is 12.5 Å². The average molecular weight is 260 g/mol. The number of aryl methyl sites for hydroxylation is 1. The Morgan fingerprint density at radius 3 is 2.84 bits per heavy atom. The lowest BCUT2D eigenvalue weighted by Crippen LogP contribution is -2.31. The van der Waals surface area contributed by atoms with Crippen LogP contribution in [0, 0.1) is 0 Å². The first-order chi connectivity index (χ1) is 9.22. The zero-order valence-electron chi connectivity index (χ0n) is 11.8. The van der Waals surface area contributed by atoms with E-state index in [4.69, 9.17) is 5.73 Å². The van der Waals surface area contributed by atoms with Gasteiger partial charge in [-0.15, -0.1) is 0 Å². The summed E-state index contributed by atoms with van der Waals surface area (Å²) >= 11 is 0. The molecule has 104 valence electrons. The third-order valence-electron chi connectivity index (χ3n) is 3.77. The Balaban J connectivity index is 2.13. The van der Waals surface area contributed by atoms with Crippen LogP contribution in [0.3, 0.4) is 0 Å². The number of nitrogen functional groups attached to an aromatic ring is 1. The number of amides is 1. The molecule has 1 aromatic carbocycles. The second-order valence-electron chi connectivity index (χ2n) is 5.35. The summed E-state index contributed by atoms with van der Waals surface area (Å²) in [5.41, 5.74) is 8.94. The van der Waals surface area contributed by atoms with E-state index in [2.05, 4.69) is 6.92 Å². The minimum absolute atomic E-state index is 0.264. The molecule has 0 fully saturated rings. The predicted molar refractivity (Wildman–Crippen MR) is 80.3 cm³/mol. The Morgan fingerprint density at radius 1 is 1.21 bits per heavy atom. The first kappa shape index (κ1) is 13.9. The van der Waals surface area contributed by atoms with E-state index in [1.165, 1.54) is 24.8 Å². The summed E-state index contributed by atoms with van der Waals surface area (Å²) in [6.45, 7) is 3.05. The van der Waals surface area contributed by atoms with Crippen molar-refractivity contribution >= 4 is 17.3 Å². The van der Waals surface area contributed by atoms with Crippen molar-refractivity contribution in [1.29, 1.82) is 0 Å². The van der Waals surface area contributed by atoms with E-state index < -0.39 is 0 Å². The lowest BCUT2D eigenvalue weighted by atomic mass is 10.1. The van der Waals surface area contributed by atoms with Crippen LogP contribution in [-0.2, 0) is 11.2 Å². The first-order valence-corrected chi connectivity index (χ1v) is 7.41. The SMILES string of the molecule is CCCCCCN1C(=O)CCCc2cc(N)ccc21. The second kappa shape index (κ2) is 6.60. The van der Waals surface area contributed by atoms with Crippen molar-refractivity contribution in [2.45, 2.75) is 51.9 Å². The smallest absolute Gasteiger partial charge is 0.226 e. The molecule has 0 atom stereocenters. The van der Waals surface area contributed by atoms with Gasteiger partial charge < -0.3 is 10.6 Å². The molecule has 19 heavy (non-hydrogen) atoms. The lowest BCUT2D eigenvalue weighted by Gasteiger charge is -2.23. The Kier molecular flexibility index (Phi) is 4.83. The van der Waals surface area contributed by atoms with Crippen LogP contribution < -0.4 is 10.6 Å². The Morgan fingerprint density at radius 2 is 2.05 bits per heavy atom. The van der Waals surface area contributed by atoms with Crippen LogP contribution in [0.4, 0.5) is 11.4 Å². The number of nitrogens with two attached hydrogens (primary N) is 1. The fourth-order valence-corrected chi connectivity index (χ4v) is 2.71. The number of anilines is 2. The molecule has 0 aromatic heterocycles. The summed E-state index contributed by atoms with van der Waals surface area (Å²) < 4.78 is 0. The highest BCUT2D eigenvalue weighted by Crippen LogP contribution is 2.29. The molecule has 0 bridgehead atoms. The average Bonchev–Trinajstić information content (AvgIpc) is 2.54. The Hall–Kier alpha value is -1.51. The topological polar surface area (TPSA) is 46.3 Å². The molecule has 1 aromatic rings. The van der Waals surface area contributed by atoms with Gasteiger partial charge in [0.15, 0.2) is 0 Å². The van der Waals surface area contributed by atoms with E-state index in [9.17, 15) is 4.79 Å². The van der Waals surface area contributed by atoms with E-state index in [1.54, 1.807) is 0 Å². The summed E-state index contributed by atoms with van der Waals surface area (Å²) in [6.07, 6.45) is 7.30. The number of carbonyl (C=O) groups excluding carboxylic acids is 1. The standard InChI is InChI=1S/C16H24N2O/c1-2-3-4-5-11-18-15-10-9-14(17)12-13(15)7-6-8-16(18)19/h9-10,12H,2-8,11,17H2,1H3. The number of nitrogens with zero attached hydrogens (tertiary/aromatic N) is 1. The highest BCUT2D eigenvalue weighted by Gasteiger charge is 2.21. The largest absolute Gasteiger partial charge is 0.399 e. The maximum atomic E-state index is 12.2. The maximum absolute atomic E-state index is 12.2. The lowest BCUT2D eigenvalue weighted by molar-refractivity contribution is -0.118. The van der Waals surface area contributed by atoms with Gasteiger partial charge in [0.2, 0.25) is 5.91 Å². The quantitative estimate of drug-likeness (QED) is 0.650. The van der Waals surface area contributed by atoms with Gasteiger partial charge in [-0.3, -0.25) is 4.79 Å². The molecule has 0 saturated carbocycles. The number of carbonyl (C=O) groups is 1. The number of rotatable bonds is 5. The summed E-state index contributed by atoms with van der Waals surface area (Å²) in [6, 6.07) is 5.93. The van der Waals surface area contributed by atoms with Gasteiger partial charge in [0.05, 0.1) is 0 Å². The molecule has 0 radical (unpaired) electrons. The molecule has 0 aliphatic carbocycles. The maximum Gasteiger partial charge on any atom is 0.226 e. The predicted octanol–water partition coefficient (Wildman–Crippen LogP) is 3.52. The fraction of sp³-hybridized carbons (Fsp3) is 0.562. The summed E-state index contributed by atoms with van der Waals surface area (Å²) in [5, 5.41) is 0. The van der Waals surface area contributed by atoms with Crippen LogP contribution in [0.1, 0.15) is 51.0 Å². The monoisotopic (exact) mass is 260 g/mol. The van der Waals surface area contributed by atoms with Crippen molar-refractivity contribution in [3.8, 4) is 0 Å². The minimum Gasteiger partial charge on any atom is -0.399 e. The number of fused-ring (bicyclic) bond motifs is 1. The van der Waals surface area contributed by atoms with E-state index >= 15 is 0 Å². The molecule has 0 spiro atoms.